The summed E-state index contributed by atoms with van der Waals surface area (Å²) in [6.45, 7) is 2.83. The van der Waals surface area contributed by atoms with Crippen LogP contribution in [0.1, 0.15) is 28.3 Å². The van der Waals surface area contributed by atoms with Gasteiger partial charge in [-0.1, -0.05) is 72.3 Å². The molecule has 0 bridgehead atoms. The third-order valence-electron chi connectivity index (χ3n) is 5.61. The number of hydroxylamine groups is 2. The van der Waals surface area contributed by atoms with Crippen molar-refractivity contribution in [2.75, 3.05) is 13.7 Å². The molecule has 1 aliphatic heterocycles. The van der Waals surface area contributed by atoms with Gasteiger partial charge in [0.1, 0.15) is 17.6 Å². The molecule has 4 rings (SSSR count). The molecule has 3 aromatic carbocycles. The van der Waals surface area contributed by atoms with E-state index in [4.69, 9.17) is 9.57 Å². The lowest BCUT2D eigenvalue weighted by Gasteiger charge is -2.23. The van der Waals surface area contributed by atoms with Gasteiger partial charge in [-0.15, -0.1) is 0 Å². The van der Waals surface area contributed by atoms with Gasteiger partial charge in [-0.05, 0) is 35.7 Å². The Balaban J connectivity index is 1.44. The van der Waals surface area contributed by atoms with Crippen LogP contribution in [0.15, 0.2) is 78.9 Å². The summed E-state index contributed by atoms with van der Waals surface area (Å²) in [5.74, 6) is 0.733. The molecule has 2 atom stereocenters. The van der Waals surface area contributed by atoms with Crippen molar-refractivity contribution in [3.05, 3.63) is 101 Å². The predicted molar refractivity (Wildman–Crippen MR) is 124 cm³/mol. The third kappa shape index (κ3) is 5.37. The van der Waals surface area contributed by atoms with Crippen molar-refractivity contribution in [1.29, 1.82) is 0 Å². The molecular formula is C25H28N2O4S. The lowest BCUT2D eigenvalue weighted by atomic mass is 10.0. The first-order chi connectivity index (χ1) is 15.4. The van der Waals surface area contributed by atoms with E-state index < -0.39 is 21.3 Å². The molecule has 0 unspecified atom stereocenters. The summed E-state index contributed by atoms with van der Waals surface area (Å²) >= 11 is 0. The minimum absolute atomic E-state index is 0.108. The fourth-order valence-electron chi connectivity index (χ4n) is 3.90. The van der Waals surface area contributed by atoms with E-state index >= 15 is 0 Å². The number of rotatable bonds is 8. The normalized spacial score (nSPS) is 19.2. The topological polar surface area (TPSA) is 67.9 Å². The Morgan fingerprint density at radius 3 is 2.44 bits per heavy atom. The highest BCUT2D eigenvalue weighted by Crippen LogP contribution is 2.34. The third-order valence-corrected chi connectivity index (χ3v) is 7.35. The number of hydrogen-bond donors (Lipinski definition) is 1. The number of nitrogens with zero attached hydrogens (tertiary/aromatic N) is 1. The van der Waals surface area contributed by atoms with Crippen LogP contribution in [-0.2, 0) is 28.0 Å². The number of nitrogens with one attached hydrogen (secondary N) is 1. The molecule has 0 radical (unpaired) electrons. The number of hydrogen-bond acceptors (Lipinski definition) is 5. The molecule has 0 aromatic heterocycles. The Labute approximate surface area is 189 Å². The zero-order valence-electron chi connectivity index (χ0n) is 18.3. The molecule has 0 spiro atoms. The Hall–Kier alpha value is -2.71. The van der Waals surface area contributed by atoms with Crippen LogP contribution in [0.25, 0.3) is 0 Å². The van der Waals surface area contributed by atoms with Gasteiger partial charge < -0.3 is 4.74 Å². The van der Waals surface area contributed by atoms with Crippen LogP contribution in [0.2, 0.25) is 0 Å². The molecule has 1 fully saturated rings. The van der Waals surface area contributed by atoms with Crippen LogP contribution in [0.3, 0.4) is 0 Å². The smallest absolute Gasteiger partial charge is 0.219 e. The SMILES string of the molecule is Cc1cccc(CNS(=O)(=O)[C@H]2CON(C)[C@H]2c2ccc(OCc3ccccc3)cc2)c1. The van der Waals surface area contributed by atoms with Crippen LogP contribution >= 0.6 is 0 Å². The van der Waals surface area contributed by atoms with Crippen molar-refractivity contribution < 1.29 is 18.0 Å². The van der Waals surface area contributed by atoms with Gasteiger partial charge in [-0.2, -0.15) is 5.06 Å². The average molecular weight is 453 g/mol. The second-order valence-electron chi connectivity index (χ2n) is 8.02. The molecule has 0 saturated carbocycles. The highest BCUT2D eigenvalue weighted by molar-refractivity contribution is 7.90. The summed E-state index contributed by atoms with van der Waals surface area (Å²) < 4.78 is 34.8. The van der Waals surface area contributed by atoms with Crippen LogP contribution in [0.4, 0.5) is 0 Å². The van der Waals surface area contributed by atoms with E-state index in [0.717, 1.165) is 28.0 Å². The molecule has 3 aromatic rings. The standard InChI is InChI=1S/C25H28N2O4S/c1-19-7-6-10-21(15-19)16-26-32(28,29)24-18-31-27(2)25(24)22-11-13-23(14-12-22)30-17-20-8-4-3-5-9-20/h3-15,24-26H,16-18H2,1-2H3/t24-,25-/m0/s1. The van der Waals surface area contributed by atoms with E-state index in [1.807, 2.05) is 85.8 Å². The van der Waals surface area contributed by atoms with Crippen molar-refractivity contribution in [2.24, 2.45) is 0 Å². The summed E-state index contributed by atoms with van der Waals surface area (Å²) in [4.78, 5) is 5.61. The average Bonchev–Trinajstić information content (AvgIpc) is 3.20. The lowest BCUT2D eigenvalue weighted by Crippen LogP contribution is -2.39. The molecule has 1 N–H and O–H groups in total. The van der Waals surface area contributed by atoms with Gasteiger partial charge in [0, 0.05) is 13.6 Å². The second-order valence-corrected chi connectivity index (χ2v) is 10.0. The number of benzene rings is 3. The molecule has 168 valence electrons. The molecule has 1 saturated heterocycles. The predicted octanol–water partition coefficient (Wildman–Crippen LogP) is 3.98. The summed E-state index contributed by atoms with van der Waals surface area (Å²) in [7, 11) is -1.84. The Kier molecular flexibility index (Phi) is 6.91. The van der Waals surface area contributed by atoms with E-state index in [1.54, 1.807) is 12.1 Å². The minimum atomic E-state index is -3.61. The van der Waals surface area contributed by atoms with Crippen LogP contribution < -0.4 is 9.46 Å². The van der Waals surface area contributed by atoms with Gasteiger partial charge in [-0.25, -0.2) is 13.1 Å². The summed E-state index contributed by atoms with van der Waals surface area (Å²) in [5, 5.41) is 0.907. The summed E-state index contributed by atoms with van der Waals surface area (Å²) in [5.41, 5.74) is 3.98. The van der Waals surface area contributed by atoms with E-state index in [2.05, 4.69) is 4.72 Å². The largest absolute Gasteiger partial charge is 0.489 e. The zero-order chi connectivity index (χ0) is 22.6. The molecule has 1 heterocycles. The Morgan fingerprint density at radius 1 is 1.00 bits per heavy atom. The maximum Gasteiger partial charge on any atom is 0.219 e. The van der Waals surface area contributed by atoms with Gasteiger partial charge >= 0.3 is 0 Å². The van der Waals surface area contributed by atoms with E-state index in [0.29, 0.717) is 6.61 Å². The van der Waals surface area contributed by atoms with Crippen LogP contribution in [0, 0.1) is 6.92 Å². The Morgan fingerprint density at radius 2 is 1.72 bits per heavy atom. The Bertz CT molecular complexity index is 1130. The van der Waals surface area contributed by atoms with Crippen molar-refractivity contribution >= 4 is 10.0 Å². The zero-order valence-corrected chi connectivity index (χ0v) is 19.1. The summed E-state index contributed by atoms with van der Waals surface area (Å²) in [6, 6.07) is 24.9. The van der Waals surface area contributed by atoms with Crippen LogP contribution in [-0.4, -0.2) is 32.4 Å². The first kappa shape index (κ1) is 22.5. The summed E-state index contributed by atoms with van der Waals surface area (Å²) in [6.07, 6.45) is 0. The maximum atomic E-state index is 13.1. The van der Waals surface area contributed by atoms with Crippen molar-refractivity contribution in [1.82, 2.24) is 9.79 Å². The quantitative estimate of drug-likeness (QED) is 0.560. The first-order valence-corrected chi connectivity index (χ1v) is 12.1. The molecule has 7 heteroatoms. The minimum Gasteiger partial charge on any atom is -0.489 e. The second kappa shape index (κ2) is 9.83. The highest BCUT2D eigenvalue weighted by Gasteiger charge is 2.43. The van der Waals surface area contributed by atoms with E-state index in [-0.39, 0.29) is 13.2 Å². The molecule has 6 nitrogen and oxygen atoms in total. The van der Waals surface area contributed by atoms with Crippen molar-refractivity contribution in [3.8, 4) is 5.75 Å². The monoisotopic (exact) mass is 452 g/mol. The van der Waals surface area contributed by atoms with Crippen LogP contribution in [0.5, 0.6) is 5.75 Å². The van der Waals surface area contributed by atoms with Crippen molar-refractivity contribution in [2.45, 2.75) is 31.4 Å². The molecule has 1 aliphatic rings. The van der Waals surface area contributed by atoms with Gasteiger partial charge in [-0.3, -0.25) is 4.84 Å². The highest BCUT2D eigenvalue weighted by atomic mass is 32.2. The maximum absolute atomic E-state index is 13.1. The van der Waals surface area contributed by atoms with Gasteiger partial charge in [0.15, 0.2) is 0 Å². The molecule has 32 heavy (non-hydrogen) atoms. The molecule has 0 aliphatic carbocycles. The fourth-order valence-corrected chi connectivity index (χ4v) is 5.39. The number of ether oxygens (including phenoxy) is 1. The van der Waals surface area contributed by atoms with Crippen molar-refractivity contribution in [3.63, 3.8) is 0 Å². The fraction of sp³-hybridized carbons (Fsp3) is 0.280. The molecular weight excluding hydrogens is 424 g/mol. The number of aryl methyl sites for hydroxylation is 1. The number of sulfonamides is 1. The van der Waals surface area contributed by atoms with Gasteiger partial charge in [0.25, 0.3) is 0 Å². The van der Waals surface area contributed by atoms with E-state index in [1.165, 1.54) is 0 Å². The lowest BCUT2D eigenvalue weighted by molar-refractivity contribution is -0.110. The first-order valence-electron chi connectivity index (χ1n) is 10.6. The molecule has 0 amide bonds. The van der Waals surface area contributed by atoms with Gasteiger partial charge in [0.2, 0.25) is 10.0 Å². The van der Waals surface area contributed by atoms with Gasteiger partial charge in [0.05, 0.1) is 12.6 Å². The van der Waals surface area contributed by atoms with E-state index in [9.17, 15) is 8.42 Å².